The fourth-order valence-electron chi connectivity index (χ4n) is 2.25. The first-order valence-electron chi connectivity index (χ1n) is 8.61. The van der Waals surface area contributed by atoms with Crippen LogP contribution in [0.2, 0.25) is 0 Å². The van der Waals surface area contributed by atoms with E-state index < -0.39 is 10.8 Å². The molecule has 3 N–H and O–H groups in total. The molecule has 9 heteroatoms. The van der Waals surface area contributed by atoms with Crippen molar-refractivity contribution in [2.24, 2.45) is 5.10 Å². The van der Waals surface area contributed by atoms with Gasteiger partial charge in [0.25, 0.3) is 11.6 Å². The molecule has 0 aliphatic carbocycles. The summed E-state index contributed by atoms with van der Waals surface area (Å²) in [4.78, 5) is 33.9. The Morgan fingerprint density at radius 3 is 2.57 bits per heavy atom. The van der Waals surface area contributed by atoms with Crippen LogP contribution in [0, 0.1) is 10.1 Å². The van der Waals surface area contributed by atoms with E-state index in [0.717, 1.165) is 31.2 Å². The van der Waals surface area contributed by atoms with Crippen molar-refractivity contribution in [2.45, 2.75) is 26.2 Å². The maximum Gasteiger partial charge on any atom is 0.271 e. The lowest BCUT2D eigenvalue weighted by Gasteiger charge is -2.06. The molecule has 0 saturated carbocycles. The van der Waals surface area contributed by atoms with E-state index in [9.17, 15) is 24.8 Å². The molecule has 0 radical (unpaired) electrons. The summed E-state index contributed by atoms with van der Waals surface area (Å²) in [6.07, 6.45) is 3.30. The SMILES string of the molecule is CCCCC(=O)Nc1ccc(C(=O)N/N=C/c2cc([N+](=O)[O-])ccc2O)cc1. The van der Waals surface area contributed by atoms with Gasteiger partial charge in [-0.3, -0.25) is 19.7 Å². The number of hydrogen-bond donors (Lipinski definition) is 3. The number of rotatable bonds is 8. The molecule has 0 fully saturated rings. The molecule has 0 aliphatic heterocycles. The molecule has 9 nitrogen and oxygen atoms in total. The average molecular weight is 384 g/mol. The Kier molecular flexibility index (Phi) is 7.21. The van der Waals surface area contributed by atoms with Crippen LogP contribution in [0.5, 0.6) is 5.75 Å². The second-order valence-electron chi connectivity index (χ2n) is 5.93. The van der Waals surface area contributed by atoms with Gasteiger partial charge in [0.05, 0.1) is 11.1 Å². The van der Waals surface area contributed by atoms with E-state index in [-0.39, 0.29) is 22.9 Å². The molecule has 0 bridgehead atoms. The molecule has 2 rings (SSSR count). The van der Waals surface area contributed by atoms with Crippen LogP contribution < -0.4 is 10.7 Å². The molecule has 0 spiro atoms. The van der Waals surface area contributed by atoms with Gasteiger partial charge in [-0.2, -0.15) is 5.10 Å². The number of unbranched alkanes of at least 4 members (excludes halogenated alkanes) is 1. The number of aromatic hydroxyl groups is 1. The highest BCUT2D eigenvalue weighted by atomic mass is 16.6. The zero-order chi connectivity index (χ0) is 20.5. The fourth-order valence-corrected chi connectivity index (χ4v) is 2.25. The monoisotopic (exact) mass is 384 g/mol. The Labute approximate surface area is 161 Å². The maximum atomic E-state index is 12.1. The molecular weight excluding hydrogens is 364 g/mol. The van der Waals surface area contributed by atoms with E-state index in [1.54, 1.807) is 12.1 Å². The van der Waals surface area contributed by atoms with Crippen molar-refractivity contribution in [3.05, 3.63) is 63.7 Å². The quantitative estimate of drug-likeness (QED) is 0.365. The predicted octanol–water partition coefficient (Wildman–Crippen LogP) is 3.19. The molecule has 146 valence electrons. The topological polar surface area (TPSA) is 134 Å². The molecule has 0 aromatic heterocycles. The largest absolute Gasteiger partial charge is 0.507 e. The van der Waals surface area contributed by atoms with Gasteiger partial charge < -0.3 is 10.4 Å². The third-order valence-corrected chi connectivity index (χ3v) is 3.78. The van der Waals surface area contributed by atoms with Crippen LogP contribution in [0.4, 0.5) is 11.4 Å². The van der Waals surface area contributed by atoms with Crippen molar-refractivity contribution in [2.75, 3.05) is 5.32 Å². The summed E-state index contributed by atoms with van der Waals surface area (Å²) in [5, 5.41) is 26.9. The van der Waals surface area contributed by atoms with Crippen LogP contribution in [0.25, 0.3) is 0 Å². The minimum atomic E-state index is -0.599. The first-order valence-corrected chi connectivity index (χ1v) is 8.61. The number of phenols is 1. The van der Waals surface area contributed by atoms with Crippen molar-refractivity contribution >= 4 is 29.4 Å². The van der Waals surface area contributed by atoms with Crippen LogP contribution >= 0.6 is 0 Å². The highest BCUT2D eigenvalue weighted by Crippen LogP contribution is 2.21. The Bertz CT molecular complexity index is 894. The molecule has 28 heavy (non-hydrogen) atoms. The Hall–Kier alpha value is -3.75. The number of phenolic OH excluding ortho intramolecular Hbond substituents is 1. The number of non-ortho nitro benzene ring substituents is 1. The van der Waals surface area contributed by atoms with Crippen LogP contribution in [-0.4, -0.2) is 28.1 Å². The smallest absolute Gasteiger partial charge is 0.271 e. The lowest BCUT2D eigenvalue weighted by Crippen LogP contribution is -2.17. The lowest BCUT2D eigenvalue weighted by molar-refractivity contribution is -0.384. The van der Waals surface area contributed by atoms with E-state index in [1.165, 1.54) is 18.2 Å². The number of nitro groups is 1. The van der Waals surface area contributed by atoms with Crippen molar-refractivity contribution < 1.29 is 19.6 Å². The van der Waals surface area contributed by atoms with Crippen LogP contribution in [0.3, 0.4) is 0 Å². The number of nitro benzene ring substituents is 1. The van der Waals surface area contributed by atoms with Gasteiger partial charge in [0.1, 0.15) is 5.75 Å². The van der Waals surface area contributed by atoms with Gasteiger partial charge >= 0.3 is 0 Å². The van der Waals surface area contributed by atoms with E-state index in [4.69, 9.17) is 0 Å². The highest BCUT2D eigenvalue weighted by molar-refractivity contribution is 5.96. The summed E-state index contributed by atoms with van der Waals surface area (Å²) in [6.45, 7) is 2.00. The summed E-state index contributed by atoms with van der Waals surface area (Å²) in [7, 11) is 0. The molecule has 0 heterocycles. The van der Waals surface area contributed by atoms with Crippen LogP contribution in [-0.2, 0) is 4.79 Å². The summed E-state index contributed by atoms with van der Waals surface area (Å²) >= 11 is 0. The third-order valence-electron chi connectivity index (χ3n) is 3.78. The van der Waals surface area contributed by atoms with Crippen molar-refractivity contribution in [3.63, 3.8) is 0 Å². The summed E-state index contributed by atoms with van der Waals surface area (Å²) in [6, 6.07) is 9.75. The number of amides is 2. The molecule has 0 aliphatic rings. The molecule has 2 amide bonds. The van der Waals surface area contributed by atoms with Gasteiger partial charge in [-0.15, -0.1) is 0 Å². The zero-order valence-electron chi connectivity index (χ0n) is 15.2. The molecule has 2 aromatic rings. The standard InChI is InChI=1S/C19H20N4O5/c1-2-3-4-18(25)21-15-7-5-13(6-8-15)19(26)22-20-12-14-11-16(23(27)28)9-10-17(14)24/h5-12,24H,2-4H2,1H3,(H,21,25)(H,22,26)/b20-12+. The highest BCUT2D eigenvalue weighted by Gasteiger charge is 2.09. The summed E-state index contributed by atoms with van der Waals surface area (Å²) in [5.41, 5.74) is 3.06. The van der Waals surface area contributed by atoms with Gasteiger partial charge in [0.15, 0.2) is 0 Å². The van der Waals surface area contributed by atoms with E-state index in [1.807, 2.05) is 6.92 Å². The maximum absolute atomic E-state index is 12.1. The number of anilines is 1. The first-order chi connectivity index (χ1) is 13.4. The molecular formula is C19H20N4O5. The molecule has 0 saturated heterocycles. The van der Waals surface area contributed by atoms with E-state index in [2.05, 4.69) is 15.8 Å². The summed E-state index contributed by atoms with van der Waals surface area (Å²) in [5.74, 6) is -0.794. The Morgan fingerprint density at radius 2 is 1.93 bits per heavy atom. The second kappa shape index (κ2) is 9.81. The van der Waals surface area contributed by atoms with E-state index >= 15 is 0 Å². The number of benzene rings is 2. The summed E-state index contributed by atoms with van der Waals surface area (Å²) < 4.78 is 0. The number of nitrogens with zero attached hydrogens (tertiary/aromatic N) is 2. The Balaban J connectivity index is 1.96. The minimum Gasteiger partial charge on any atom is -0.507 e. The normalized spacial score (nSPS) is 10.6. The average Bonchev–Trinajstić information content (AvgIpc) is 2.68. The second-order valence-corrected chi connectivity index (χ2v) is 5.93. The third kappa shape index (κ3) is 5.90. The molecule has 2 aromatic carbocycles. The van der Waals surface area contributed by atoms with Gasteiger partial charge in [-0.25, -0.2) is 5.43 Å². The number of hydrogen-bond acceptors (Lipinski definition) is 6. The number of nitrogens with one attached hydrogen (secondary N) is 2. The molecule has 0 atom stereocenters. The lowest BCUT2D eigenvalue weighted by atomic mass is 10.2. The van der Waals surface area contributed by atoms with Gasteiger partial charge in [-0.1, -0.05) is 13.3 Å². The predicted molar refractivity (Wildman–Crippen MR) is 104 cm³/mol. The first kappa shape index (κ1) is 20.6. The Morgan fingerprint density at radius 1 is 1.21 bits per heavy atom. The van der Waals surface area contributed by atoms with Crippen molar-refractivity contribution in [3.8, 4) is 5.75 Å². The van der Waals surface area contributed by atoms with Gasteiger partial charge in [0, 0.05) is 35.4 Å². The number of carbonyl (C=O) groups excluding carboxylic acids is 2. The van der Waals surface area contributed by atoms with Crippen LogP contribution in [0.1, 0.15) is 42.1 Å². The minimum absolute atomic E-state index is 0.0830. The van der Waals surface area contributed by atoms with Crippen LogP contribution in [0.15, 0.2) is 47.6 Å². The number of carbonyl (C=O) groups is 2. The number of hydrazone groups is 1. The molecule has 0 unspecified atom stereocenters. The fraction of sp³-hybridized carbons (Fsp3) is 0.211. The van der Waals surface area contributed by atoms with Crippen molar-refractivity contribution in [1.29, 1.82) is 0 Å². The van der Waals surface area contributed by atoms with Gasteiger partial charge in [0.2, 0.25) is 5.91 Å². The van der Waals surface area contributed by atoms with Gasteiger partial charge in [-0.05, 0) is 36.8 Å². The van der Waals surface area contributed by atoms with E-state index in [0.29, 0.717) is 17.7 Å². The zero-order valence-corrected chi connectivity index (χ0v) is 15.2. The van der Waals surface area contributed by atoms with Crippen molar-refractivity contribution in [1.82, 2.24) is 5.43 Å².